The van der Waals surface area contributed by atoms with E-state index in [1.54, 1.807) is 6.07 Å². The molecule has 0 fully saturated rings. The second-order valence-electron chi connectivity index (χ2n) is 4.66. The summed E-state index contributed by atoms with van der Waals surface area (Å²) < 4.78 is 14.6. The lowest BCUT2D eigenvalue weighted by Gasteiger charge is -2.19. The molecule has 0 bridgehead atoms. The van der Waals surface area contributed by atoms with Gasteiger partial charge in [-0.25, -0.2) is 4.39 Å². The van der Waals surface area contributed by atoms with Gasteiger partial charge in [0.15, 0.2) is 0 Å². The Balaban J connectivity index is 2.27. The Bertz CT molecular complexity index is 598. The summed E-state index contributed by atoms with van der Waals surface area (Å²) in [7, 11) is 0. The first-order chi connectivity index (χ1) is 9.51. The topological polar surface area (TPSA) is 12.0 Å². The molecule has 1 heterocycles. The smallest absolute Gasteiger partial charge is 0.123 e. The quantitative estimate of drug-likeness (QED) is 0.773. The lowest BCUT2D eigenvalue weighted by molar-refractivity contribution is 0.549. The van der Waals surface area contributed by atoms with Gasteiger partial charge in [0.05, 0.1) is 8.67 Å². The molecule has 20 heavy (non-hydrogen) atoms. The van der Waals surface area contributed by atoms with Gasteiger partial charge >= 0.3 is 0 Å². The van der Waals surface area contributed by atoms with E-state index in [0.29, 0.717) is 8.67 Å². The van der Waals surface area contributed by atoms with Crippen LogP contribution in [0.4, 0.5) is 4.39 Å². The number of aryl methyl sites for hydroxylation is 1. The van der Waals surface area contributed by atoms with Crippen molar-refractivity contribution in [2.45, 2.75) is 26.3 Å². The van der Waals surface area contributed by atoms with Crippen molar-refractivity contribution < 1.29 is 4.39 Å². The fraction of sp³-hybridized carbons (Fsp3) is 0.333. The number of thiophene rings is 1. The maximum absolute atomic E-state index is 13.2. The van der Waals surface area contributed by atoms with Crippen molar-refractivity contribution in [2.24, 2.45) is 0 Å². The lowest BCUT2D eigenvalue weighted by Crippen LogP contribution is -2.23. The number of rotatable bonds is 5. The summed E-state index contributed by atoms with van der Waals surface area (Å²) in [6.45, 7) is 4.80. The maximum atomic E-state index is 13.2. The average molecular weight is 332 g/mol. The van der Waals surface area contributed by atoms with Gasteiger partial charge in [-0.15, -0.1) is 11.3 Å². The molecule has 108 valence electrons. The van der Waals surface area contributed by atoms with Gasteiger partial charge in [-0.3, -0.25) is 0 Å². The monoisotopic (exact) mass is 331 g/mol. The van der Waals surface area contributed by atoms with Crippen molar-refractivity contribution in [1.82, 2.24) is 5.32 Å². The minimum Gasteiger partial charge on any atom is -0.310 e. The van der Waals surface area contributed by atoms with Crippen LogP contribution in [0.3, 0.4) is 0 Å². The zero-order chi connectivity index (χ0) is 14.7. The van der Waals surface area contributed by atoms with Gasteiger partial charge in [0.1, 0.15) is 5.82 Å². The highest BCUT2D eigenvalue weighted by atomic mass is 35.5. The highest BCUT2D eigenvalue weighted by Gasteiger charge is 2.18. The highest BCUT2D eigenvalue weighted by Crippen LogP contribution is 2.36. The number of nitrogens with one attached hydrogen (secondary N) is 1. The number of hydrogen-bond acceptors (Lipinski definition) is 2. The fourth-order valence-corrected chi connectivity index (χ4v) is 3.82. The average Bonchev–Trinajstić information content (AvgIpc) is 2.71. The third kappa shape index (κ3) is 3.73. The fourth-order valence-electron chi connectivity index (χ4n) is 2.24. The van der Waals surface area contributed by atoms with Crippen LogP contribution in [-0.2, 0) is 6.42 Å². The molecule has 1 unspecified atom stereocenters. The van der Waals surface area contributed by atoms with Crippen LogP contribution in [0.2, 0.25) is 8.67 Å². The molecule has 0 aliphatic carbocycles. The van der Waals surface area contributed by atoms with E-state index in [1.807, 2.05) is 26.0 Å². The van der Waals surface area contributed by atoms with E-state index in [9.17, 15) is 4.39 Å². The standard InChI is InChI=1S/C15H16Cl2FNS/c1-3-19-13(12-8-14(16)20-15(12)17)7-10-4-5-11(18)6-9(10)2/h4-6,8,13,19H,3,7H2,1-2H3. The molecule has 5 heteroatoms. The molecule has 0 aliphatic heterocycles. The van der Waals surface area contributed by atoms with Crippen molar-refractivity contribution >= 4 is 34.5 Å². The zero-order valence-electron chi connectivity index (χ0n) is 11.3. The molecule has 0 amide bonds. The van der Waals surface area contributed by atoms with Gasteiger partial charge in [-0.2, -0.15) is 0 Å². The Morgan fingerprint density at radius 1 is 1.30 bits per heavy atom. The first-order valence-electron chi connectivity index (χ1n) is 6.44. The summed E-state index contributed by atoms with van der Waals surface area (Å²) in [6, 6.07) is 6.87. The van der Waals surface area contributed by atoms with Gasteiger partial charge in [-0.05, 0) is 49.2 Å². The largest absolute Gasteiger partial charge is 0.310 e. The van der Waals surface area contributed by atoms with Gasteiger partial charge in [-0.1, -0.05) is 36.2 Å². The molecule has 2 rings (SSSR count). The Labute approximate surface area is 132 Å². The molecular formula is C15H16Cl2FNS. The molecule has 1 N–H and O–H groups in total. The Morgan fingerprint density at radius 2 is 2.05 bits per heavy atom. The maximum Gasteiger partial charge on any atom is 0.123 e. The van der Waals surface area contributed by atoms with E-state index < -0.39 is 0 Å². The second kappa shape index (κ2) is 6.90. The minimum absolute atomic E-state index is 0.0837. The lowest BCUT2D eigenvalue weighted by atomic mass is 9.97. The van der Waals surface area contributed by atoms with Gasteiger partial charge in [0.2, 0.25) is 0 Å². The third-order valence-electron chi connectivity index (χ3n) is 3.24. The van der Waals surface area contributed by atoms with Gasteiger partial charge < -0.3 is 5.32 Å². The van der Waals surface area contributed by atoms with E-state index in [1.165, 1.54) is 17.4 Å². The van der Waals surface area contributed by atoms with E-state index >= 15 is 0 Å². The van der Waals surface area contributed by atoms with E-state index in [2.05, 4.69) is 5.32 Å². The van der Waals surface area contributed by atoms with Crippen LogP contribution in [0.5, 0.6) is 0 Å². The van der Waals surface area contributed by atoms with Crippen LogP contribution in [0.25, 0.3) is 0 Å². The summed E-state index contributed by atoms with van der Waals surface area (Å²) in [5.74, 6) is -0.206. The molecule has 2 aromatic rings. The van der Waals surface area contributed by atoms with E-state index in [-0.39, 0.29) is 11.9 Å². The van der Waals surface area contributed by atoms with Crippen LogP contribution < -0.4 is 5.32 Å². The zero-order valence-corrected chi connectivity index (χ0v) is 13.7. The molecule has 0 radical (unpaired) electrons. The predicted molar refractivity (Wildman–Crippen MR) is 85.6 cm³/mol. The Hall–Kier alpha value is -0.610. The number of halogens is 3. The Kier molecular flexibility index (Phi) is 5.44. The van der Waals surface area contributed by atoms with Crippen molar-refractivity contribution in [3.05, 3.63) is 55.4 Å². The summed E-state index contributed by atoms with van der Waals surface area (Å²) in [4.78, 5) is 0. The summed E-state index contributed by atoms with van der Waals surface area (Å²) in [6.07, 6.45) is 0.757. The van der Waals surface area contributed by atoms with Gasteiger partial charge in [0.25, 0.3) is 0 Å². The molecular weight excluding hydrogens is 316 g/mol. The first kappa shape index (κ1) is 15.8. The van der Waals surface area contributed by atoms with Crippen molar-refractivity contribution in [2.75, 3.05) is 6.54 Å². The highest BCUT2D eigenvalue weighted by molar-refractivity contribution is 7.20. The van der Waals surface area contributed by atoms with E-state index in [0.717, 1.165) is 29.7 Å². The molecule has 1 atom stereocenters. The number of hydrogen-bond donors (Lipinski definition) is 1. The SMILES string of the molecule is CCNC(Cc1ccc(F)cc1C)c1cc(Cl)sc1Cl. The number of likely N-dealkylation sites (N-methyl/N-ethyl adjacent to an activating group) is 1. The van der Waals surface area contributed by atoms with Crippen molar-refractivity contribution in [3.8, 4) is 0 Å². The van der Waals surface area contributed by atoms with Crippen LogP contribution in [0.1, 0.15) is 29.7 Å². The minimum atomic E-state index is -0.206. The van der Waals surface area contributed by atoms with Crippen LogP contribution in [0.15, 0.2) is 24.3 Å². The third-order valence-corrected chi connectivity index (χ3v) is 4.76. The van der Waals surface area contributed by atoms with Crippen LogP contribution in [0, 0.1) is 12.7 Å². The summed E-state index contributed by atoms with van der Waals surface area (Å²) >= 11 is 13.6. The molecule has 1 nitrogen and oxygen atoms in total. The molecule has 1 aromatic carbocycles. The Morgan fingerprint density at radius 3 is 2.60 bits per heavy atom. The van der Waals surface area contributed by atoms with Crippen molar-refractivity contribution in [1.29, 1.82) is 0 Å². The molecule has 0 saturated heterocycles. The van der Waals surface area contributed by atoms with Crippen LogP contribution in [-0.4, -0.2) is 6.54 Å². The first-order valence-corrected chi connectivity index (χ1v) is 8.01. The summed E-state index contributed by atoms with van der Waals surface area (Å²) in [5, 5.41) is 3.41. The normalized spacial score (nSPS) is 12.7. The van der Waals surface area contributed by atoms with Crippen LogP contribution >= 0.6 is 34.5 Å². The van der Waals surface area contributed by atoms with Gasteiger partial charge in [0, 0.05) is 11.6 Å². The molecule has 1 aromatic heterocycles. The summed E-state index contributed by atoms with van der Waals surface area (Å²) in [5.41, 5.74) is 3.06. The molecule has 0 spiro atoms. The molecule has 0 saturated carbocycles. The van der Waals surface area contributed by atoms with E-state index in [4.69, 9.17) is 23.2 Å². The second-order valence-corrected chi connectivity index (χ2v) is 6.95. The molecule has 0 aliphatic rings. The number of benzene rings is 1. The van der Waals surface area contributed by atoms with Crippen molar-refractivity contribution in [3.63, 3.8) is 0 Å². The predicted octanol–water partition coefficient (Wildman–Crippen LogP) is 5.40.